The molecule has 9 nitrogen and oxygen atoms in total. The molecule has 0 spiro atoms. The van der Waals surface area contributed by atoms with E-state index in [0.29, 0.717) is 0 Å². The minimum absolute atomic E-state index is 0.0827. The Morgan fingerprint density at radius 1 is 1.27 bits per heavy atom. The molecule has 176 valence electrons. The minimum Gasteiger partial charge on any atom is -0.465 e. The Hall–Kier alpha value is -3.19. The molecule has 33 heavy (non-hydrogen) atoms. The van der Waals surface area contributed by atoms with Crippen molar-refractivity contribution in [3.05, 3.63) is 51.6 Å². The Kier molecular flexibility index (Phi) is 6.65. The average Bonchev–Trinajstić information content (AvgIpc) is 2.67. The van der Waals surface area contributed by atoms with Gasteiger partial charge in [-0.15, -0.1) is 0 Å². The zero-order valence-electron chi connectivity index (χ0n) is 16.4. The number of anilines is 1. The smallest absolute Gasteiger partial charge is 0.425 e. The lowest BCUT2D eigenvalue weighted by atomic mass is 9.89. The maximum atomic E-state index is 14.6. The molecule has 3 N–H and O–H groups in total. The molecule has 3 rings (SSSR count). The largest absolute Gasteiger partial charge is 0.465 e. The van der Waals surface area contributed by atoms with E-state index in [2.05, 4.69) is 25.0 Å². The Balaban J connectivity index is 1.98. The maximum Gasteiger partial charge on any atom is 0.425 e. The zero-order valence-corrected chi connectivity index (χ0v) is 17.9. The summed E-state index contributed by atoms with van der Waals surface area (Å²) < 4.78 is 59.3. The van der Waals surface area contributed by atoms with Gasteiger partial charge in [0.2, 0.25) is 0 Å². The van der Waals surface area contributed by atoms with Crippen LogP contribution in [0.5, 0.6) is 0 Å². The second kappa shape index (κ2) is 8.98. The number of rotatable bonds is 3. The third kappa shape index (κ3) is 5.60. The third-order valence-corrected chi connectivity index (χ3v) is 4.88. The van der Waals surface area contributed by atoms with Crippen molar-refractivity contribution in [2.75, 3.05) is 5.32 Å². The quantitative estimate of drug-likeness (QED) is 0.527. The van der Waals surface area contributed by atoms with Crippen molar-refractivity contribution >= 4 is 47.0 Å². The predicted molar refractivity (Wildman–Crippen MR) is 108 cm³/mol. The van der Waals surface area contributed by atoms with Gasteiger partial charge in [0, 0.05) is 12.6 Å². The lowest BCUT2D eigenvalue weighted by molar-refractivity contribution is -0.208. The van der Waals surface area contributed by atoms with E-state index in [-0.39, 0.29) is 21.6 Å². The SMILES string of the molecule is C[C@@]1(c2nc(NC(=O)c3ncc(Cl)cc3Cl)ccc2F)C[C@@H](C(F)(F)F)OC(NC(=O)O)=N1. The lowest BCUT2D eigenvalue weighted by Crippen LogP contribution is -2.48. The van der Waals surface area contributed by atoms with Gasteiger partial charge in [-0.25, -0.2) is 29.5 Å². The summed E-state index contributed by atoms with van der Waals surface area (Å²) in [6, 6.07) is 2.20. The second-order valence-electron chi connectivity index (χ2n) is 6.94. The first-order chi connectivity index (χ1) is 15.3. The summed E-state index contributed by atoms with van der Waals surface area (Å²) in [5.41, 5.74) is -2.82. The van der Waals surface area contributed by atoms with Crippen LogP contribution in [-0.2, 0) is 10.3 Å². The van der Waals surface area contributed by atoms with Crippen LogP contribution in [-0.4, -0.2) is 45.4 Å². The third-order valence-electron chi connectivity index (χ3n) is 4.38. The Labute approximate surface area is 192 Å². The van der Waals surface area contributed by atoms with Crippen molar-refractivity contribution in [1.29, 1.82) is 0 Å². The number of amides is 2. The molecule has 2 atom stereocenters. The zero-order chi connectivity index (χ0) is 24.6. The molecular formula is C18H13Cl2F4N5O4. The number of carboxylic acid groups (broad SMARTS) is 1. The molecular weight excluding hydrogens is 497 g/mol. The summed E-state index contributed by atoms with van der Waals surface area (Å²) >= 11 is 11.7. The highest BCUT2D eigenvalue weighted by atomic mass is 35.5. The van der Waals surface area contributed by atoms with Crippen LogP contribution in [0.25, 0.3) is 0 Å². The first-order valence-corrected chi connectivity index (χ1v) is 9.66. The molecule has 1 aliphatic rings. The first-order valence-electron chi connectivity index (χ1n) is 8.91. The van der Waals surface area contributed by atoms with Crippen LogP contribution in [0.15, 0.2) is 29.4 Å². The summed E-state index contributed by atoms with van der Waals surface area (Å²) in [4.78, 5) is 34.8. The second-order valence-corrected chi connectivity index (χ2v) is 7.78. The molecule has 0 aliphatic carbocycles. The number of aromatic nitrogens is 2. The van der Waals surface area contributed by atoms with Gasteiger partial charge in [0.1, 0.15) is 28.6 Å². The monoisotopic (exact) mass is 509 g/mol. The van der Waals surface area contributed by atoms with Crippen molar-refractivity contribution in [2.45, 2.75) is 31.2 Å². The Morgan fingerprint density at radius 2 is 1.97 bits per heavy atom. The van der Waals surface area contributed by atoms with Gasteiger partial charge in [-0.2, -0.15) is 13.2 Å². The standard InChI is InChI=1S/C18H13Cl2F4N5O4/c1-17(5-10(18(22,23)24)33-15(29-17)28-16(31)32)13-9(21)2-3-11(26-13)27-14(30)12-8(20)4-7(19)6-25-12/h2-4,6,10H,5H2,1H3,(H,28,29)(H,31,32)(H,26,27,30)/t10-,17-/m0/s1. The molecule has 0 unspecified atom stereocenters. The molecule has 0 saturated heterocycles. The summed E-state index contributed by atoms with van der Waals surface area (Å²) in [5.74, 6) is -2.13. The number of amidine groups is 1. The molecule has 0 fully saturated rings. The Bertz CT molecular complexity index is 1150. The topological polar surface area (TPSA) is 126 Å². The summed E-state index contributed by atoms with van der Waals surface area (Å²) in [7, 11) is 0. The van der Waals surface area contributed by atoms with E-state index in [4.69, 9.17) is 28.3 Å². The Morgan fingerprint density at radius 3 is 2.58 bits per heavy atom. The molecule has 15 heteroatoms. The van der Waals surface area contributed by atoms with Crippen molar-refractivity contribution in [3.63, 3.8) is 0 Å². The number of pyridine rings is 2. The number of alkyl halides is 3. The number of ether oxygens (including phenoxy) is 1. The van der Waals surface area contributed by atoms with Crippen molar-refractivity contribution in [2.24, 2.45) is 4.99 Å². The van der Waals surface area contributed by atoms with Gasteiger partial charge in [-0.3, -0.25) is 4.79 Å². The van der Waals surface area contributed by atoms with Gasteiger partial charge in [-0.05, 0) is 25.1 Å². The van der Waals surface area contributed by atoms with E-state index in [1.54, 1.807) is 5.32 Å². The number of nitrogens with zero attached hydrogens (tertiary/aromatic N) is 3. The molecule has 1 aliphatic heterocycles. The highest BCUT2D eigenvalue weighted by molar-refractivity contribution is 6.36. The number of carbonyl (C=O) groups is 2. The van der Waals surface area contributed by atoms with Crippen LogP contribution < -0.4 is 10.6 Å². The van der Waals surface area contributed by atoms with E-state index >= 15 is 0 Å². The van der Waals surface area contributed by atoms with Gasteiger partial charge in [0.25, 0.3) is 11.9 Å². The summed E-state index contributed by atoms with van der Waals surface area (Å²) in [6.45, 7) is 1.12. The molecule has 2 amide bonds. The molecule has 0 saturated carbocycles. The summed E-state index contributed by atoms with van der Waals surface area (Å²) in [5, 5.41) is 12.8. The van der Waals surface area contributed by atoms with E-state index in [0.717, 1.165) is 25.3 Å². The highest BCUT2D eigenvalue weighted by Gasteiger charge is 2.51. The van der Waals surface area contributed by atoms with Crippen molar-refractivity contribution in [3.8, 4) is 0 Å². The van der Waals surface area contributed by atoms with E-state index in [1.807, 2.05) is 0 Å². The minimum atomic E-state index is -4.91. The van der Waals surface area contributed by atoms with Crippen molar-refractivity contribution in [1.82, 2.24) is 15.3 Å². The normalized spacial score (nSPS) is 20.5. The average molecular weight is 510 g/mol. The highest BCUT2D eigenvalue weighted by Crippen LogP contribution is 2.40. The predicted octanol–water partition coefficient (Wildman–Crippen LogP) is 4.36. The fourth-order valence-corrected chi connectivity index (χ4v) is 3.43. The van der Waals surface area contributed by atoms with E-state index < -0.39 is 53.8 Å². The van der Waals surface area contributed by atoms with Gasteiger partial charge in [0.15, 0.2) is 6.10 Å². The van der Waals surface area contributed by atoms with Crippen LogP contribution in [0.4, 0.5) is 28.2 Å². The van der Waals surface area contributed by atoms with Crippen LogP contribution in [0, 0.1) is 5.82 Å². The van der Waals surface area contributed by atoms with Crippen molar-refractivity contribution < 1.29 is 37.0 Å². The fraction of sp³-hybridized carbons (Fsp3) is 0.278. The molecule has 2 aromatic heterocycles. The fourth-order valence-electron chi connectivity index (χ4n) is 2.96. The van der Waals surface area contributed by atoms with Gasteiger partial charge in [0.05, 0.1) is 10.0 Å². The summed E-state index contributed by atoms with van der Waals surface area (Å²) in [6.07, 6.45) is -8.90. The number of aliphatic imine (C=N–C) groups is 1. The number of hydrogen-bond acceptors (Lipinski definition) is 6. The lowest BCUT2D eigenvalue weighted by Gasteiger charge is -2.35. The van der Waals surface area contributed by atoms with Gasteiger partial charge in [-0.1, -0.05) is 23.2 Å². The number of carbonyl (C=O) groups excluding carboxylic acids is 1. The van der Waals surface area contributed by atoms with Crippen LogP contribution in [0.1, 0.15) is 29.5 Å². The number of halogens is 6. The van der Waals surface area contributed by atoms with Crippen LogP contribution in [0.2, 0.25) is 10.0 Å². The molecule has 0 bridgehead atoms. The van der Waals surface area contributed by atoms with Crippen LogP contribution >= 0.6 is 23.2 Å². The maximum absolute atomic E-state index is 14.6. The first kappa shape index (κ1) is 24.5. The number of nitrogens with one attached hydrogen (secondary N) is 2. The molecule has 2 aromatic rings. The van der Waals surface area contributed by atoms with Gasteiger partial charge >= 0.3 is 12.3 Å². The van der Waals surface area contributed by atoms with Crippen LogP contribution in [0.3, 0.4) is 0 Å². The molecule has 0 radical (unpaired) electrons. The molecule has 3 heterocycles. The number of hydrogen-bond donors (Lipinski definition) is 3. The van der Waals surface area contributed by atoms with E-state index in [1.165, 1.54) is 6.07 Å². The van der Waals surface area contributed by atoms with E-state index in [9.17, 15) is 27.2 Å². The molecule has 0 aromatic carbocycles. The van der Waals surface area contributed by atoms with Gasteiger partial charge < -0.3 is 15.2 Å².